The molecule has 1 atom stereocenters. The highest BCUT2D eigenvalue weighted by molar-refractivity contribution is 7.80. The van der Waals surface area contributed by atoms with E-state index in [1.807, 2.05) is 36.4 Å². The monoisotopic (exact) mass is 448 g/mol. The van der Waals surface area contributed by atoms with E-state index in [0.29, 0.717) is 29.1 Å². The first kappa shape index (κ1) is 21.9. The van der Waals surface area contributed by atoms with Gasteiger partial charge in [0.15, 0.2) is 0 Å². The van der Waals surface area contributed by atoms with Crippen molar-refractivity contribution < 1.29 is 14.3 Å². The molecule has 0 unspecified atom stereocenters. The number of aromatic nitrogens is 1. The molecule has 0 radical (unpaired) electrons. The molecule has 1 aromatic heterocycles. The number of carbonyl (C=O) groups excluding carboxylic acids is 2. The van der Waals surface area contributed by atoms with E-state index in [0.717, 1.165) is 17.7 Å². The highest BCUT2D eigenvalue weighted by atomic mass is 32.1. The van der Waals surface area contributed by atoms with Crippen molar-refractivity contribution in [2.45, 2.75) is 23.5 Å². The molecule has 164 valence electrons. The van der Waals surface area contributed by atoms with Crippen LogP contribution in [-0.2, 0) is 16.9 Å². The van der Waals surface area contributed by atoms with Gasteiger partial charge >= 0.3 is 6.09 Å². The summed E-state index contributed by atoms with van der Waals surface area (Å²) in [5.74, 6) is -0.222. The second kappa shape index (κ2) is 9.84. The number of pyridine rings is 1. The van der Waals surface area contributed by atoms with Gasteiger partial charge in [0.1, 0.15) is 6.61 Å². The molecule has 0 aliphatic carbocycles. The Morgan fingerprint density at radius 3 is 2.59 bits per heavy atom. The van der Waals surface area contributed by atoms with Crippen LogP contribution in [0.2, 0.25) is 0 Å². The summed E-state index contributed by atoms with van der Waals surface area (Å²) < 4.78 is 5.39. The summed E-state index contributed by atoms with van der Waals surface area (Å²) in [6.07, 6.45) is 3.55. The molecule has 2 amide bonds. The number of thiol groups is 1. The molecule has 0 saturated carbocycles. The summed E-state index contributed by atoms with van der Waals surface area (Å²) in [5, 5.41) is 9.19. The highest BCUT2D eigenvalue weighted by Crippen LogP contribution is 2.29. The van der Waals surface area contributed by atoms with E-state index < -0.39 is 11.6 Å². The van der Waals surface area contributed by atoms with Gasteiger partial charge in [0.25, 0.3) is 5.91 Å². The van der Waals surface area contributed by atoms with Crippen molar-refractivity contribution >= 4 is 30.3 Å². The number of carbonyl (C=O) groups is 2. The molecule has 32 heavy (non-hydrogen) atoms. The maximum Gasteiger partial charge on any atom is 0.408 e. The number of amides is 2. The van der Waals surface area contributed by atoms with Crippen molar-refractivity contribution in [3.8, 4) is 0 Å². The number of nitrogens with one attached hydrogen (secondary N) is 3. The summed E-state index contributed by atoms with van der Waals surface area (Å²) in [6.45, 7) is 1.49. The van der Waals surface area contributed by atoms with E-state index in [1.54, 1.807) is 36.7 Å². The Bertz CT molecular complexity index is 1080. The third-order valence-electron chi connectivity index (χ3n) is 5.44. The second-order valence-electron chi connectivity index (χ2n) is 7.62. The molecule has 3 N–H and O–H groups in total. The van der Waals surface area contributed by atoms with E-state index in [1.165, 1.54) is 0 Å². The van der Waals surface area contributed by atoms with E-state index >= 15 is 0 Å². The minimum Gasteiger partial charge on any atom is -0.445 e. The minimum atomic E-state index is -0.598. The number of hydrogen-bond acceptors (Lipinski definition) is 6. The van der Waals surface area contributed by atoms with Crippen LogP contribution in [0.4, 0.5) is 10.5 Å². The quantitative estimate of drug-likeness (QED) is 0.431. The molecule has 2 aromatic carbocycles. The Labute approximate surface area is 192 Å². The molecule has 4 rings (SSSR count). The van der Waals surface area contributed by atoms with Crippen molar-refractivity contribution in [3.63, 3.8) is 0 Å². The lowest BCUT2D eigenvalue weighted by Gasteiger charge is -2.30. The maximum absolute atomic E-state index is 12.6. The lowest BCUT2D eigenvalue weighted by Crippen LogP contribution is -2.47. The number of anilines is 1. The molecule has 0 spiro atoms. The Morgan fingerprint density at radius 2 is 1.91 bits per heavy atom. The smallest absolute Gasteiger partial charge is 0.408 e. The highest BCUT2D eigenvalue weighted by Gasteiger charge is 2.37. The van der Waals surface area contributed by atoms with Crippen molar-refractivity contribution in [2.75, 3.05) is 18.4 Å². The molecule has 7 nitrogen and oxygen atoms in total. The number of nitrogens with zero attached hydrogens (tertiary/aromatic N) is 1. The Kier molecular flexibility index (Phi) is 6.72. The van der Waals surface area contributed by atoms with Gasteiger partial charge in [-0.3, -0.25) is 9.78 Å². The number of hydrogen-bond donors (Lipinski definition) is 4. The first-order valence-corrected chi connectivity index (χ1v) is 10.7. The number of rotatable bonds is 6. The first-order valence-electron chi connectivity index (χ1n) is 10.3. The average molecular weight is 449 g/mol. The van der Waals surface area contributed by atoms with Crippen LogP contribution in [-0.4, -0.2) is 30.1 Å². The van der Waals surface area contributed by atoms with Crippen LogP contribution in [0.15, 0.2) is 78.0 Å². The zero-order valence-corrected chi connectivity index (χ0v) is 18.3. The van der Waals surface area contributed by atoms with Gasteiger partial charge in [-0.15, -0.1) is 12.6 Å². The predicted octanol–water partition coefficient (Wildman–Crippen LogP) is 3.74. The molecule has 2 heterocycles. The predicted molar refractivity (Wildman–Crippen MR) is 125 cm³/mol. The molecule has 3 aromatic rings. The van der Waals surface area contributed by atoms with Crippen LogP contribution in [0.25, 0.3) is 0 Å². The minimum absolute atomic E-state index is 0.148. The fourth-order valence-corrected chi connectivity index (χ4v) is 3.91. The van der Waals surface area contributed by atoms with Gasteiger partial charge in [0.2, 0.25) is 0 Å². The number of alkyl carbamates (subject to hydrolysis) is 1. The number of benzene rings is 2. The van der Waals surface area contributed by atoms with E-state index in [-0.39, 0.29) is 12.5 Å². The third kappa shape index (κ3) is 5.09. The zero-order valence-electron chi connectivity index (χ0n) is 17.4. The van der Waals surface area contributed by atoms with Crippen LogP contribution in [0.5, 0.6) is 0 Å². The average Bonchev–Trinajstić information content (AvgIpc) is 3.29. The summed E-state index contributed by atoms with van der Waals surface area (Å²) in [7, 11) is 0. The standard InChI is InChI=1S/C24H24N4O3S/c29-22(27-20-5-1-2-6-21(20)32)18-7-9-19(10-8-18)24(11-13-26-16-24)28-23(30)31-15-17-4-3-12-25-14-17/h1-10,12,14,26,32H,11,13,15-16H2,(H,27,29)(H,28,30)/t24-/m1/s1. The third-order valence-corrected chi connectivity index (χ3v) is 5.83. The second-order valence-corrected chi connectivity index (χ2v) is 8.10. The van der Waals surface area contributed by atoms with Crippen molar-refractivity contribution in [1.29, 1.82) is 0 Å². The van der Waals surface area contributed by atoms with Gasteiger partial charge in [-0.25, -0.2) is 4.79 Å². The normalized spacial score (nSPS) is 17.5. The Morgan fingerprint density at radius 1 is 1.09 bits per heavy atom. The molecule has 1 aliphatic heterocycles. The largest absolute Gasteiger partial charge is 0.445 e. The molecule has 1 fully saturated rings. The van der Waals surface area contributed by atoms with Gasteiger partial charge in [-0.05, 0) is 48.9 Å². The molecular formula is C24H24N4O3S. The molecule has 0 bridgehead atoms. The Balaban J connectivity index is 1.43. The van der Waals surface area contributed by atoms with Gasteiger partial charge < -0.3 is 20.7 Å². The van der Waals surface area contributed by atoms with E-state index in [4.69, 9.17) is 4.74 Å². The molecular weight excluding hydrogens is 424 g/mol. The van der Waals surface area contributed by atoms with Gasteiger partial charge in [0.05, 0.1) is 11.2 Å². The van der Waals surface area contributed by atoms with Crippen molar-refractivity contribution in [2.24, 2.45) is 0 Å². The zero-order chi connectivity index (χ0) is 22.4. The lowest BCUT2D eigenvalue weighted by molar-refractivity contribution is 0.102. The van der Waals surface area contributed by atoms with Gasteiger partial charge in [-0.1, -0.05) is 30.3 Å². The van der Waals surface area contributed by atoms with Crippen LogP contribution in [0.3, 0.4) is 0 Å². The number of para-hydroxylation sites is 1. The fraction of sp³-hybridized carbons (Fsp3) is 0.208. The molecule has 1 saturated heterocycles. The summed E-state index contributed by atoms with van der Waals surface area (Å²) in [6, 6.07) is 18.2. The van der Waals surface area contributed by atoms with Gasteiger partial charge in [-0.2, -0.15) is 0 Å². The van der Waals surface area contributed by atoms with E-state index in [2.05, 4.69) is 33.6 Å². The summed E-state index contributed by atoms with van der Waals surface area (Å²) in [4.78, 5) is 29.9. The fourth-order valence-electron chi connectivity index (χ4n) is 3.70. The topological polar surface area (TPSA) is 92.4 Å². The van der Waals surface area contributed by atoms with Crippen LogP contribution < -0.4 is 16.0 Å². The first-order chi connectivity index (χ1) is 15.6. The van der Waals surface area contributed by atoms with E-state index in [9.17, 15) is 9.59 Å². The molecule has 1 aliphatic rings. The summed E-state index contributed by atoms with van der Waals surface area (Å²) in [5.41, 5.74) is 2.30. The lowest BCUT2D eigenvalue weighted by atomic mass is 9.88. The van der Waals surface area contributed by atoms with Crippen molar-refractivity contribution in [1.82, 2.24) is 15.6 Å². The van der Waals surface area contributed by atoms with Crippen LogP contribution in [0, 0.1) is 0 Å². The van der Waals surface area contributed by atoms with Crippen LogP contribution >= 0.6 is 12.6 Å². The van der Waals surface area contributed by atoms with Crippen LogP contribution in [0.1, 0.15) is 27.9 Å². The maximum atomic E-state index is 12.6. The Hall–Kier alpha value is -3.36. The van der Waals surface area contributed by atoms with Crippen molar-refractivity contribution in [3.05, 3.63) is 89.7 Å². The number of ether oxygens (including phenoxy) is 1. The molecule has 8 heteroatoms. The summed E-state index contributed by atoms with van der Waals surface area (Å²) >= 11 is 4.37. The van der Waals surface area contributed by atoms with Gasteiger partial charge in [0, 0.05) is 35.0 Å². The SMILES string of the molecule is O=C(N[C@]1(c2ccc(C(=O)Nc3ccccc3S)cc2)CCNC1)OCc1cccnc1.